The van der Waals surface area contributed by atoms with E-state index in [1.54, 1.807) is 0 Å². The van der Waals surface area contributed by atoms with Gasteiger partial charge in [0.15, 0.2) is 0 Å². The quantitative estimate of drug-likeness (QED) is 0.857. The van der Waals surface area contributed by atoms with Crippen molar-refractivity contribution in [1.82, 2.24) is 0 Å². The average Bonchev–Trinajstić information content (AvgIpc) is 2.35. The molecule has 1 aliphatic heterocycles. The number of nitrogens with one attached hydrogen (secondary N) is 1. The number of nitrogens with zero attached hydrogens (tertiary/aromatic N) is 1. The van der Waals surface area contributed by atoms with Crippen LogP contribution in [-0.2, 0) is 0 Å². The number of hydrogen-bond acceptors (Lipinski definition) is 2. The van der Waals surface area contributed by atoms with Gasteiger partial charge in [0.05, 0.1) is 11.4 Å². The first-order valence-corrected chi connectivity index (χ1v) is 5.98. The number of hydrogen-bond donors (Lipinski definition) is 1. The minimum atomic E-state index is 0.774. The molecule has 0 saturated carbocycles. The molecule has 0 unspecified atom stereocenters. The molecule has 3 heteroatoms. The molecule has 17 heavy (non-hydrogen) atoms. The Morgan fingerprint density at radius 1 is 1.47 bits per heavy atom. The monoisotopic (exact) mass is 246 g/mol. The second kappa shape index (κ2) is 5.19. The molecule has 0 aliphatic carbocycles. The van der Waals surface area contributed by atoms with Crippen LogP contribution in [0.5, 0.6) is 0 Å². The summed E-state index contributed by atoms with van der Waals surface area (Å²) in [5, 5.41) is 4.02. The molecule has 0 fully saturated rings. The normalized spacial score (nSPS) is 14.4. The first kappa shape index (κ1) is 11.9. The molecule has 1 aliphatic rings. The zero-order valence-electron chi connectivity index (χ0n) is 9.83. The number of anilines is 1. The predicted molar refractivity (Wildman–Crippen MR) is 75.0 cm³/mol. The van der Waals surface area contributed by atoms with Gasteiger partial charge in [-0.25, -0.2) is 0 Å². The molecule has 0 bridgehead atoms. The van der Waals surface area contributed by atoms with Crippen molar-refractivity contribution in [1.29, 1.82) is 0 Å². The van der Waals surface area contributed by atoms with Crippen LogP contribution in [0.15, 0.2) is 47.6 Å². The molecule has 0 atom stereocenters. The van der Waals surface area contributed by atoms with Gasteiger partial charge >= 0.3 is 0 Å². The van der Waals surface area contributed by atoms with E-state index in [0.29, 0.717) is 0 Å². The Hall–Kier alpha value is -1.54. The van der Waals surface area contributed by atoms with Gasteiger partial charge < -0.3 is 5.32 Å². The highest BCUT2D eigenvalue weighted by molar-refractivity contribution is 6.31. The van der Waals surface area contributed by atoms with Gasteiger partial charge in [0.2, 0.25) is 0 Å². The highest BCUT2D eigenvalue weighted by Gasteiger charge is 2.05. The van der Waals surface area contributed by atoms with Gasteiger partial charge in [-0.2, -0.15) is 0 Å². The number of aryl methyl sites for hydroxylation is 1. The molecule has 0 amide bonds. The summed E-state index contributed by atoms with van der Waals surface area (Å²) < 4.78 is 0. The van der Waals surface area contributed by atoms with E-state index in [4.69, 9.17) is 11.6 Å². The third kappa shape index (κ3) is 2.98. The van der Waals surface area contributed by atoms with Gasteiger partial charge in [-0.3, -0.25) is 4.99 Å². The minimum Gasteiger partial charge on any atom is -0.354 e. The van der Waals surface area contributed by atoms with Crippen LogP contribution in [0, 0.1) is 6.92 Å². The van der Waals surface area contributed by atoms with E-state index in [2.05, 4.69) is 23.0 Å². The fourth-order valence-electron chi connectivity index (χ4n) is 1.66. The van der Waals surface area contributed by atoms with Crippen molar-refractivity contribution in [2.75, 3.05) is 11.9 Å². The third-order valence-electron chi connectivity index (χ3n) is 2.62. The van der Waals surface area contributed by atoms with Crippen LogP contribution >= 0.6 is 11.6 Å². The zero-order valence-corrected chi connectivity index (χ0v) is 10.6. The largest absolute Gasteiger partial charge is 0.354 e. The fourth-order valence-corrected chi connectivity index (χ4v) is 1.78. The smallest absolute Gasteiger partial charge is 0.0799 e. The molecule has 2 rings (SSSR count). The van der Waals surface area contributed by atoms with Crippen molar-refractivity contribution >= 4 is 23.0 Å². The number of allylic oxidation sites excluding steroid dienone is 1. The van der Waals surface area contributed by atoms with Crippen LogP contribution in [0.25, 0.3) is 0 Å². The van der Waals surface area contributed by atoms with Crippen molar-refractivity contribution in [2.45, 2.75) is 13.3 Å². The van der Waals surface area contributed by atoms with Crippen molar-refractivity contribution < 1.29 is 0 Å². The second-order valence-corrected chi connectivity index (χ2v) is 4.43. The molecule has 0 radical (unpaired) electrons. The van der Waals surface area contributed by atoms with Gasteiger partial charge in [0.1, 0.15) is 0 Å². The van der Waals surface area contributed by atoms with E-state index in [9.17, 15) is 0 Å². The Morgan fingerprint density at radius 2 is 2.29 bits per heavy atom. The summed E-state index contributed by atoms with van der Waals surface area (Å²) in [5.41, 5.74) is 3.77. The molecule has 88 valence electrons. The minimum absolute atomic E-state index is 0.774. The Labute approximate surface area is 107 Å². The summed E-state index contributed by atoms with van der Waals surface area (Å²) in [7, 11) is 0. The first-order valence-electron chi connectivity index (χ1n) is 5.60. The summed E-state index contributed by atoms with van der Waals surface area (Å²) in [6.07, 6.45) is 5.13. The lowest BCUT2D eigenvalue weighted by molar-refractivity contribution is 0.993. The molecule has 0 aromatic heterocycles. The maximum atomic E-state index is 5.98. The molecule has 1 heterocycles. The SMILES string of the molecule is C=C(Nc1ccc(Cl)c(C)c1)C1=NCCC=C1. The van der Waals surface area contributed by atoms with Crippen molar-refractivity contribution in [3.63, 3.8) is 0 Å². The Bertz CT molecular complexity index is 501. The second-order valence-electron chi connectivity index (χ2n) is 4.03. The molecule has 1 N–H and O–H groups in total. The Kier molecular flexibility index (Phi) is 3.64. The molecule has 1 aromatic rings. The maximum Gasteiger partial charge on any atom is 0.0799 e. The van der Waals surface area contributed by atoms with E-state index in [1.807, 2.05) is 31.2 Å². The fraction of sp³-hybridized carbons (Fsp3) is 0.214. The van der Waals surface area contributed by atoms with E-state index in [-0.39, 0.29) is 0 Å². The van der Waals surface area contributed by atoms with Crippen molar-refractivity contribution in [3.05, 3.63) is 53.2 Å². The van der Waals surface area contributed by atoms with Gasteiger partial charge in [-0.1, -0.05) is 24.3 Å². The number of rotatable bonds is 3. The van der Waals surface area contributed by atoms with E-state index in [1.165, 1.54) is 0 Å². The van der Waals surface area contributed by atoms with Crippen molar-refractivity contribution in [3.8, 4) is 0 Å². The molecular formula is C14H15ClN2. The first-order chi connectivity index (χ1) is 8.16. The molecular weight excluding hydrogens is 232 g/mol. The summed E-state index contributed by atoms with van der Waals surface area (Å²) in [6, 6.07) is 5.82. The molecule has 1 aromatic carbocycles. The summed E-state index contributed by atoms with van der Waals surface area (Å²) in [5.74, 6) is 0. The van der Waals surface area contributed by atoms with Crippen LogP contribution in [-0.4, -0.2) is 12.3 Å². The van der Waals surface area contributed by atoms with E-state index < -0.39 is 0 Å². The number of aliphatic imine (C=N–C) groups is 1. The lowest BCUT2D eigenvalue weighted by Gasteiger charge is -2.12. The van der Waals surface area contributed by atoms with Crippen LogP contribution in [0.3, 0.4) is 0 Å². The van der Waals surface area contributed by atoms with E-state index in [0.717, 1.165) is 40.6 Å². The zero-order chi connectivity index (χ0) is 12.3. The standard InChI is InChI=1S/C14H15ClN2/c1-10-9-12(6-7-13(10)15)17-11(2)14-5-3-4-8-16-14/h3,5-7,9,17H,2,4,8H2,1H3. The van der Waals surface area contributed by atoms with Gasteiger partial charge in [0, 0.05) is 17.3 Å². The lowest BCUT2D eigenvalue weighted by Crippen LogP contribution is -2.10. The summed E-state index contributed by atoms with van der Waals surface area (Å²) in [4.78, 5) is 4.41. The topological polar surface area (TPSA) is 24.4 Å². The van der Waals surface area contributed by atoms with Crippen molar-refractivity contribution in [2.24, 2.45) is 4.99 Å². The van der Waals surface area contributed by atoms with Gasteiger partial charge in [-0.05, 0) is 43.2 Å². The lowest BCUT2D eigenvalue weighted by atomic mass is 10.1. The van der Waals surface area contributed by atoms with Gasteiger partial charge in [0.25, 0.3) is 0 Å². The van der Waals surface area contributed by atoms with Crippen LogP contribution in [0.4, 0.5) is 5.69 Å². The number of halogens is 1. The van der Waals surface area contributed by atoms with E-state index >= 15 is 0 Å². The molecule has 0 saturated heterocycles. The number of benzene rings is 1. The van der Waals surface area contributed by atoms with Crippen LogP contribution in [0.2, 0.25) is 5.02 Å². The predicted octanol–water partition coefficient (Wildman–Crippen LogP) is 3.97. The number of dihydropyridines is 1. The van der Waals surface area contributed by atoms with Crippen LogP contribution in [0.1, 0.15) is 12.0 Å². The summed E-state index contributed by atoms with van der Waals surface area (Å²) >= 11 is 5.98. The average molecular weight is 247 g/mol. The van der Waals surface area contributed by atoms with Crippen LogP contribution < -0.4 is 5.32 Å². The highest BCUT2D eigenvalue weighted by Crippen LogP contribution is 2.20. The third-order valence-corrected chi connectivity index (χ3v) is 3.04. The molecule has 0 spiro atoms. The van der Waals surface area contributed by atoms with Gasteiger partial charge in [-0.15, -0.1) is 0 Å². The maximum absolute atomic E-state index is 5.98. The Balaban J connectivity index is 2.10. The highest BCUT2D eigenvalue weighted by atomic mass is 35.5. The molecule has 2 nitrogen and oxygen atoms in total. The Morgan fingerprint density at radius 3 is 2.94 bits per heavy atom. The summed E-state index contributed by atoms with van der Waals surface area (Å²) in [6.45, 7) is 6.82.